The van der Waals surface area contributed by atoms with Gasteiger partial charge in [0.1, 0.15) is 11.6 Å². The highest BCUT2D eigenvalue weighted by molar-refractivity contribution is 6.39. The number of carbonyl (C=O) groups excluding carboxylic acids is 3. The van der Waals surface area contributed by atoms with E-state index in [0.717, 1.165) is 5.56 Å². The summed E-state index contributed by atoms with van der Waals surface area (Å²) in [5.41, 5.74) is 4.69. The molecule has 3 rings (SSSR count). The van der Waals surface area contributed by atoms with Gasteiger partial charge in [-0.1, -0.05) is 37.3 Å². The quantitative estimate of drug-likeness (QED) is 0.270. The number of halogens is 1. The van der Waals surface area contributed by atoms with E-state index in [1.54, 1.807) is 36.4 Å². The summed E-state index contributed by atoms with van der Waals surface area (Å²) in [5, 5.41) is 8.95. The predicted molar refractivity (Wildman–Crippen MR) is 127 cm³/mol. The van der Waals surface area contributed by atoms with Gasteiger partial charge in [0.15, 0.2) is 6.61 Å². The first-order valence-corrected chi connectivity index (χ1v) is 10.4. The average molecular weight is 462 g/mol. The van der Waals surface area contributed by atoms with Crippen molar-refractivity contribution < 1.29 is 23.5 Å². The Morgan fingerprint density at radius 1 is 0.941 bits per heavy atom. The van der Waals surface area contributed by atoms with Crippen LogP contribution in [0.4, 0.5) is 15.8 Å². The molecule has 174 valence electrons. The van der Waals surface area contributed by atoms with E-state index < -0.39 is 23.5 Å². The van der Waals surface area contributed by atoms with Crippen molar-refractivity contribution in [3.05, 3.63) is 89.7 Å². The fraction of sp³-hybridized carbons (Fsp3) is 0.120. The first-order valence-electron chi connectivity index (χ1n) is 10.4. The molecule has 0 bridgehead atoms. The van der Waals surface area contributed by atoms with Crippen LogP contribution in [0.2, 0.25) is 0 Å². The largest absolute Gasteiger partial charge is 0.484 e. The number of ether oxygens (including phenoxy) is 1. The third kappa shape index (κ3) is 7.27. The Labute approximate surface area is 195 Å². The van der Waals surface area contributed by atoms with Gasteiger partial charge < -0.3 is 15.4 Å². The van der Waals surface area contributed by atoms with Gasteiger partial charge in [0.2, 0.25) is 0 Å². The fourth-order valence-electron chi connectivity index (χ4n) is 2.91. The number of hydrazone groups is 1. The van der Waals surface area contributed by atoms with Crippen LogP contribution >= 0.6 is 0 Å². The van der Waals surface area contributed by atoms with Crippen molar-refractivity contribution in [2.24, 2.45) is 5.10 Å². The van der Waals surface area contributed by atoms with E-state index >= 15 is 0 Å². The Kier molecular flexibility index (Phi) is 8.45. The highest BCUT2D eigenvalue weighted by Crippen LogP contribution is 2.15. The normalized spacial score (nSPS) is 10.5. The zero-order valence-electron chi connectivity index (χ0n) is 18.4. The highest BCUT2D eigenvalue weighted by Gasteiger charge is 2.14. The molecule has 0 aliphatic rings. The average Bonchev–Trinajstić information content (AvgIpc) is 2.84. The van der Waals surface area contributed by atoms with Crippen LogP contribution in [0, 0.1) is 5.82 Å². The lowest BCUT2D eigenvalue weighted by Gasteiger charge is -2.08. The Bertz CT molecular complexity index is 1200. The molecule has 8 nitrogen and oxygen atoms in total. The van der Waals surface area contributed by atoms with Gasteiger partial charge in [0.05, 0.1) is 6.21 Å². The maximum absolute atomic E-state index is 12.9. The molecule has 3 aromatic rings. The second-order valence-corrected chi connectivity index (χ2v) is 7.08. The summed E-state index contributed by atoms with van der Waals surface area (Å²) in [6, 6.07) is 19.2. The van der Waals surface area contributed by atoms with Gasteiger partial charge in [-0.15, -0.1) is 0 Å². The zero-order chi connectivity index (χ0) is 24.3. The van der Waals surface area contributed by atoms with Crippen LogP contribution in [0.5, 0.6) is 5.75 Å². The topological polar surface area (TPSA) is 109 Å². The molecule has 0 saturated heterocycles. The van der Waals surface area contributed by atoms with Gasteiger partial charge >= 0.3 is 11.8 Å². The van der Waals surface area contributed by atoms with Crippen molar-refractivity contribution in [1.29, 1.82) is 0 Å². The van der Waals surface area contributed by atoms with E-state index in [0.29, 0.717) is 29.1 Å². The van der Waals surface area contributed by atoms with Crippen molar-refractivity contribution >= 4 is 35.3 Å². The molecule has 0 atom stereocenters. The number of para-hydroxylation sites is 1. The molecular formula is C25H23FN4O4. The van der Waals surface area contributed by atoms with E-state index in [9.17, 15) is 18.8 Å². The van der Waals surface area contributed by atoms with Crippen LogP contribution < -0.4 is 20.8 Å². The summed E-state index contributed by atoms with van der Waals surface area (Å²) in [7, 11) is 0. The third-order valence-corrected chi connectivity index (χ3v) is 4.59. The molecule has 0 aliphatic heterocycles. The highest BCUT2D eigenvalue weighted by atomic mass is 19.1. The molecule has 0 aromatic heterocycles. The Hall–Kier alpha value is -4.53. The molecule has 0 heterocycles. The SMILES string of the molecule is CCc1ccccc1NC(=O)C(=O)N/N=C\c1cccc(OCC(=O)Nc2ccc(F)cc2)c1. The standard InChI is InChI=1S/C25H23FN4O4/c1-2-18-7-3-4-9-22(18)29-24(32)25(33)30-27-15-17-6-5-8-21(14-17)34-16-23(31)28-20-12-10-19(26)11-13-20/h3-15H,2,16H2,1H3,(H,28,31)(H,29,32)(H,30,33)/b27-15-. The maximum Gasteiger partial charge on any atom is 0.329 e. The number of aryl methyl sites for hydroxylation is 1. The van der Waals surface area contributed by atoms with Crippen LogP contribution in [0.25, 0.3) is 0 Å². The van der Waals surface area contributed by atoms with Crippen LogP contribution in [0.3, 0.4) is 0 Å². The van der Waals surface area contributed by atoms with Crippen molar-refractivity contribution in [2.75, 3.05) is 17.2 Å². The second-order valence-electron chi connectivity index (χ2n) is 7.08. The van der Waals surface area contributed by atoms with Crippen LogP contribution in [-0.2, 0) is 20.8 Å². The molecule has 0 fully saturated rings. The van der Waals surface area contributed by atoms with Gasteiger partial charge in [-0.05, 0) is 60.0 Å². The second kappa shape index (κ2) is 11.9. The lowest BCUT2D eigenvalue weighted by molar-refractivity contribution is -0.136. The third-order valence-electron chi connectivity index (χ3n) is 4.59. The molecular weight excluding hydrogens is 439 g/mol. The Morgan fingerprint density at radius 3 is 2.47 bits per heavy atom. The Balaban J connectivity index is 1.48. The minimum Gasteiger partial charge on any atom is -0.484 e. The van der Waals surface area contributed by atoms with Crippen LogP contribution in [0.1, 0.15) is 18.1 Å². The minimum atomic E-state index is -0.910. The number of carbonyl (C=O) groups is 3. The summed E-state index contributed by atoms with van der Waals surface area (Å²) < 4.78 is 18.4. The van der Waals surface area contributed by atoms with E-state index in [1.807, 2.05) is 19.1 Å². The summed E-state index contributed by atoms with van der Waals surface area (Å²) >= 11 is 0. The lowest BCUT2D eigenvalue weighted by Crippen LogP contribution is -2.32. The number of hydrogen-bond donors (Lipinski definition) is 3. The van der Waals surface area contributed by atoms with Gasteiger partial charge in [-0.2, -0.15) is 5.10 Å². The number of rotatable bonds is 8. The van der Waals surface area contributed by atoms with Gasteiger partial charge in [0, 0.05) is 11.4 Å². The van der Waals surface area contributed by atoms with Gasteiger partial charge in [0.25, 0.3) is 5.91 Å². The first kappa shape index (κ1) is 24.1. The molecule has 3 N–H and O–H groups in total. The summed E-state index contributed by atoms with van der Waals surface area (Å²) in [4.78, 5) is 36.1. The fourth-order valence-corrected chi connectivity index (χ4v) is 2.91. The summed E-state index contributed by atoms with van der Waals surface area (Å²) in [5.74, 6) is -2.15. The minimum absolute atomic E-state index is 0.256. The van der Waals surface area contributed by atoms with Crippen molar-refractivity contribution in [3.8, 4) is 5.75 Å². The van der Waals surface area contributed by atoms with E-state index in [-0.39, 0.29) is 6.61 Å². The molecule has 9 heteroatoms. The van der Waals surface area contributed by atoms with E-state index in [4.69, 9.17) is 4.74 Å². The van der Waals surface area contributed by atoms with E-state index in [2.05, 4.69) is 21.2 Å². The number of amides is 3. The maximum atomic E-state index is 12.9. The summed E-state index contributed by atoms with van der Waals surface area (Å²) in [6.45, 7) is 1.69. The Morgan fingerprint density at radius 2 is 1.71 bits per heavy atom. The number of nitrogens with one attached hydrogen (secondary N) is 3. The number of hydrogen-bond acceptors (Lipinski definition) is 5. The molecule has 3 aromatic carbocycles. The van der Waals surface area contributed by atoms with Gasteiger partial charge in [-0.3, -0.25) is 14.4 Å². The molecule has 34 heavy (non-hydrogen) atoms. The monoisotopic (exact) mass is 462 g/mol. The molecule has 3 amide bonds. The lowest BCUT2D eigenvalue weighted by atomic mass is 10.1. The van der Waals surface area contributed by atoms with E-state index in [1.165, 1.54) is 30.5 Å². The summed E-state index contributed by atoms with van der Waals surface area (Å²) in [6.07, 6.45) is 2.05. The van der Waals surface area contributed by atoms with Crippen molar-refractivity contribution in [2.45, 2.75) is 13.3 Å². The van der Waals surface area contributed by atoms with Crippen molar-refractivity contribution in [1.82, 2.24) is 5.43 Å². The number of nitrogens with zero attached hydrogens (tertiary/aromatic N) is 1. The zero-order valence-corrected chi connectivity index (χ0v) is 18.4. The van der Waals surface area contributed by atoms with Crippen LogP contribution in [0.15, 0.2) is 77.9 Å². The number of benzene rings is 3. The predicted octanol–water partition coefficient (Wildman–Crippen LogP) is 3.49. The molecule has 0 aliphatic carbocycles. The van der Waals surface area contributed by atoms with Gasteiger partial charge in [-0.25, -0.2) is 9.82 Å². The smallest absolute Gasteiger partial charge is 0.329 e. The van der Waals surface area contributed by atoms with Crippen molar-refractivity contribution in [3.63, 3.8) is 0 Å². The molecule has 0 saturated carbocycles. The molecule has 0 radical (unpaired) electrons. The first-order chi connectivity index (χ1) is 16.4. The molecule has 0 unspecified atom stereocenters. The van der Waals surface area contributed by atoms with Crippen LogP contribution in [-0.4, -0.2) is 30.5 Å². The molecule has 0 spiro atoms. The number of anilines is 2.